The SMILES string of the molecule is CC/C=C\C/C=C\C/C=C\C/C=C\CCCCCCCCC(=O)OCC(COC1OC(C(=O)O)C(O)C(O)C1O)OC(=O)CCCCCCCCC/C=C\C/C=C\CCCCCC. The summed E-state index contributed by atoms with van der Waals surface area (Å²) in [5, 5.41) is 39.9. The molecule has 1 aliphatic heterocycles. The van der Waals surface area contributed by atoms with E-state index in [4.69, 9.17) is 18.9 Å². The minimum absolute atomic E-state index is 0.167. The number of carbonyl (C=O) groups is 3. The Morgan fingerprint density at radius 1 is 0.508 bits per heavy atom. The highest BCUT2D eigenvalue weighted by Crippen LogP contribution is 2.23. The van der Waals surface area contributed by atoms with Gasteiger partial charge in [-0.3, -0.25) is 9.59 Å². The third-order valence-electron chi connectivity index (χ3n) is 10.8. The van der Waals surface area contributed by atoms with Crippen LogP contribution in [0.3, 0.4) is 0 Å². The molecule has 11 heteroatoms. The van der Waals surface area contributed by atoms with Gasteiger partial charge in [-0.1, -0.05) is 164 Å². The van der Waals surface area contributed by atoms with Crippen LogP contribution in [-0.4, -0.2) is 88.4 Å². The fourth-order valence-corrected chi connectivity index (χ4v) is 6.96. The Balaban J connectivity index is 2.35. The first-order valence-electron chi connectivity index (χ1n) is 24.5. The van der Waals surface area contributed by atoms with E-state index in [2.05, 4.69) is 86.8 Å². The van der Waals surface area contributed by atoms with Gasteiger partial charge in [-0.15, -0.1) is 0 Å². The van der Waals surface area contributed by atoms with Crippen LogP contribution in [0.2, 0.25) is 0 Å². The third kappa shape index (κ3) is 32.9. The van der Waals surface area contributed by atoms with Gasteiger partial charge in [0.25, 0.3) is 0 Å². The molecule has 0 bridgehead atoms. The first-order valence-corrected chi connectivity index (χ1v) is 24.5. The van der Waals surface area contributed by atoms with Gasteiger partial charge in [-0.05, 0) is 83.5 Å². The van der Waals surface area contributed by atoms with Gasteiger partial charge >= 0.3 is 17.9 Å². The number of allylic oxidation sites excluding steroid dienone is 12. The Morgan fingerprint density at radius 3 is 1.41 bits per heavy atom. The number of aliphatic hydroxyl groups excluding tert-OH is 3. The maximum absolute atomic E-state index is 12.8. The molecule has 0 aromatic heterocycles. The van der Waals surface area contributed by atoms with Crippen molar-refractivity contribution in [1.29, 1.82) is 0 Å². The Hall–Kier alpha value is -3.35. The fraction of sp³-hybridized carbons (Fsp3) is 0.712. The predicted octanol–water partition coefficient (Wildman–Crippen LogP) is 11.3. The van der Waals surface area contributed by atoms with Crippen molar-refractivity contribution in [3.63, 3.8) is 0 Å². The van der Waals surface area contributed by atoms with E-state index in [9.17, 15) is 34.8 Å². The molecule has 6 atom stereocenters. The topological polar surface area (TPSA) is 169 Å². The van der Waals surface area contributed by atoms with E-state index in [-0.39, 0.29) is 19.4 Å². The molecule has 1 rings (SSSR count). The second kappa shape index (κ2) is 41.4. The van der Waals surface area contributed by atoms with Crippen LogP contribution in [0.1, 0.15) is 187 Å². The molecule has 0 radical (unpaired) electrons. The lowest BCUT2D eigenvalue weighted by Gasteiger charge is -2.38. The van der Waals surface area contributed by atoms with E-state index in [1.165, 1.54) is 44.9 Å². The molecule has 0 spiro atoms. The first kappa shape index (κ1) is 57.7. The zero-order valence-corrected chi connectivity index (χ0v) is 39.0. The second-order valence-electron chi connectivity index (χ2n) is 16.6. The van der Waals surface area contributed by atoms with Crippen LogP contribution in [0.25, 0.3) is 0 Å². The van der Waals surface area contributed by atoms with E-state index < -0.39 is 61.3 Å². The highest BCUT2D eigenvalue weighted by molar-refractivity contribution is 5.73. The number of unbranched alkanes of at least 4 members (excludes halogenated alkanes) is 17. The molecule has 1 heterocycles. The molecule has 11 nitrogen and oxygen atoms in total. The minimum atomic E-state index is -1.87. The highest BCUT2D eigenvalue weighted by Gasteiger charge is 2.47. The summed E-state index contributed by atoms with van der Waals surface area (Å²) in [6.07, 6.45) is 43.7. The number of esters is 2. The second-order valence-corrected chi connectivity index (χ2v) is 16.6. The summed E-state index contributed by atoms with van der Waals surface area (Å²) < 4.78 is 21.8. The van der Waals surface area contributed by atoms with E-state index in [1.54, 1.807) is 0 Å². The van der Waals surface area contributed by atoms with Crippen molar-refractivity contribution >= 4 is 17.9 Å². The van der Waals surface area contributed by atoms with E-state index in [0.29, 0.717) is 12.8 Å². The quantitative estimate of drug-likeness (QED) is 0.0262. The number of ether oxygens (including phenoxy) is 4. The Kier molecular flexibility index (Phi) is 37.9. The predicted molar refractivity (Wildman–Crippen MR) is 252 cm³/mol. The molecule has 0 aliphatic carbocycles. The Morgan fingerprint density at radius 2 is 0.937 bits per heavy atom. The first-order chi connectivity index (χ1) is 30.7. The van der Waals surface area contributed by atoms with Crippen LogP contribution in [-0.2, 0) is 33.3 Å². The van der Waals surface area contributed by atoms with E-state index in [0.717, 1.165) is 103 Å². The van der Waals surface area contributed by atoms with E-state index >= 15 is 0 Å². The number of carboxylic acids is 1. The van der Waals surface area contributed by atoms with Gasteiger partial charge in [0.15, 0.2) is 18.5 Å². The summed E-state index contributed by atoms with van der Waals surface area (Å²) in [4.78, 5) is 36.9. The number of hydrogen-bond donors (Lipinski definition) is 4. The number of carbonyl (C=O) groups excluding carboxylic acids is 2. The smallest absolute Gasteiger partial charge is 0.335 e. The van der Waals surface area contributed by atoms with Crippen molar-refractivity contribution < 1.29 is 53.8 Å². The number of carboxylic acid groups (broad SMARTS) is 1. The number of aliphatic carboxylic acids is 1. The average Bonchev–Trinajstić information content (AvgIpc) is 3.27. The van der Waals surface area contributed by atoms with Crippen molar-refractivity contribution in [3.8, 4) is 0 Å². The summed E-state index contributed by atoms with van der Waals surface area (Å²) >= 11 is 0. The average molecular weight is 887 g/mol. The zero-order valence-electron chi connectivity index (χ0n) is 39.0. The molecule has 6 unspecified atom stereocenters. The minimum Gasteiger partial charge on any atom is -0.479 e. The van der Waals surface area contributed by atoms with Gasteiger partial charge in [0.2, 0.25) is 0 Å². The summed E-state index contributed by atoms with van der Waals surface area (Å²) in [5.74, 6) is -2.48. The molecule has 360 valence electrons. The lowest BCUT2D eigenvalue weighted by atomic mass is 9.99. The van der Waals surface area contributed by atoms with Crippen LogP contribution in [0.15, 0.2) is 72.9 Å². The maximum atomic E-state index is 12.8. The summed E-state index contributed by atoms with van der Waals surface area (Å²) in [7, 11) is 0. The van der Waals surface area contributed by atoms with Gasteiger partial charge in [0.05, 0.1) is 6.61 Å². The Labute approximate surface area is 380 Å². The van der Waals surface area contributed by atoms with Crippen molar-refractivity contribution in [2.45, 2.75) is 224 Å². The van der Waals surface area contributed by atoms with Crippen LogP contribution in [0, 0.1) is 0 Å². The number of hydrogen-bond acceptors (Lipinski definition) is 10. The standard InChI is InChI=1S/C52H86O11/c1-3-5-7-9-11-13-15-17-19-21-23-25-26-28-30-32-34-36-38-40-45(53)60-42-44(43-61-52-49(57)47(55)48(56)50(63-52)51(58)59)62-46(54)41-39-37-35-33-31-29-27-24-22-20-18-16-14-12-10-8-6-4-2/h5,7,11,13-14,16-17,19-20,22-23,25,44,47-50,52,55-57H,3-4,6,8-10,12,15,18,21,24,26-43H2,1-2H3,(H,58,59)/b7-5-,13-11-,16-14-,19-17-,22-20-,25-23-. The molecular formula is C52H86O11. The van der Waals surface area contributed by atoms with Crippen LogP contribution < -0.4 is 0 Å². The molecule has 1 fully saturated rings. The monoisotopic (exact) mass is 887 g/mol. The summed E-state index contributed by atoms with van der Waals surface area (Å²) in [5.41, 5.74) is 0. The number of rotatable bonds is 40. The third-order valence-corrected chi connectivity index (χ3v) is 10.8. The van der Waals surface area contributed by atoms with Gasteiger partial charge in [-0.2, -0.15) is 0 Å². The van der Waals surface area contributed by atoms with Gasteiger partial charge in [0.1, 0.15) is 24.9 Å². The van der Waals surface area contributed by atoms with Gasteiger partial charge in [0, 0.05) is 12.8 Å². The molecule has 0 aromatic rings. The lowest BCUT2D eigenvalue weighted by Crippen LogP contribution is -2.60. The largest absolute Gasteiger partial charge is 0.479 e. The van der Waals surface area contributed by atoms with Crippen molar-refractivity contribution in [2.75, 3.05) is 13.2 Å². The zero-order chi connectivity index (χ0) is 46.0. The summed E-state index contributed by atoms with van der Waals surface area (Å²) in [6.45, 7) is 3.67. The lowest BCUT2D eigenvalue weighted by molar-refractivity contribution is -0.298. The van der Waals surface area contributed by atoms with Gasteiger partial charge < -0.3 is 39.4 Å². The molecule has 1 aliphatic rings. The molecule has 0 aromatic carbocycles. The molecule has 0 amide bonds. The van der Waals surface area contributed by atoms with Crippen molar-refractivity contribution in [1.82, 2.24) is 0 Å². The number of aliphatic hydroxyl groups is 3. The molecule has 4 N–H and O–H groups in total. The Bertz CT molecular complexity index is 1320. The van der Waals surface area contributed by atoms with Crippen LogP contribution >= 0.6 is 0 Å². The summed E-state index contributed by atoms with van der Waals surface area (Å²) in [6, 6.07) is 0. The van der Waals surface area contributed by atoms with Crippen LogP contribution in [0.4, 0.5) is 0 Å². The van der Waals surface area contributed by atoms with Crippen molar-refractivity contribution in [2.24, 2.45) is 0 Å². The highest BCUT2D eigenvalue weighted by atomic mass is 16.7. The van der Waals surface area contributed by atoms with E-state index in [1.807, 2.05) is 0 Å². The van der Waals surface area contributed by atoms with Gasteiger partial charge in [-0.25, -0.2) is 4.79 Å². The molecular weight excluding hydrogens is 801 g/mol. The van der Waals surface area contributed by atoms with Crippen LogP contribution in [0.5, 0.6) is 0 Å². The molecule has 0 saturated carbocycles. The van der Waals surface area contributed by atoms with Crippen molar-refractivity contribution in [3.05, 3.63) is 72.9 Å². The maximum Gasteiger partial charge on any atom is 0.335 e. The molecule has 63 heavy (non-hydrogen) atoms. The fourth-order valence-electron chi connectivity index (χ4n) is 6.96. The normalized spacial score (nSPS) is 20.0. The molecule has 1 saturated heterocycles.